The van der Waals surface area contributed by atoms with E-state index in [0.717, 1.165) is 6.42 Å². The van der Waals surface area contributed by atoms with E-state index in [2.05, 4.69) is 5.32 Å². The van der Waals surface area contributed by atoms with Crippen molar-refractivity contribution in [2.45, 2.75) is 45.8 Å². The maximum absolute atomic E-state index is 11.0. The monoisotopic (exact) mass is 189 g/mol. The zero-order valence-corrected chi connectivity index (χ0v) is 8.54. The van der Waals surface area contributed by atoms with Crippen LogP contribution in [-0.2, 0) is 4.74 Å². The highest BCUT2D eigenvalue weighted by Crippen LogP contribution is 1.97. The molecule has 4 nitrogen and oxygen atoms in total. The fourth-order valence-electron chi connectivity index (χ4n) is 0.919. The van der Waals surface area contributed by atoms with E-state index in [1.165, 1.54) is 0 Å². The molecule has 0 heterocycles. The van der Waals surface area contributed by atoms with Gasteiger partial charge in [0.2, 0.25) is 0 Å². The number of aliphatic hydroxyl groups excluding tert-OH is 1. The van der Waals surface area contributed by atoms with Gasteiger partial charge in [0, 0.05) is 12.6 Å². The molecule has 0 bridgehead atoms. The number of hydrogen-bond donors (Lipinski definition) is 2. The van der Waals surface area contributed by atoms with E-state index in [1.54, 1.807) is 13.8 Å². The predicted octanol–water partition coefficient (Wildman–Crippen LogP) is 1.28. The van der Waals surface area contributed by atoms with Crippen molar-refractivity contribution in [3.63, 3.8) is 0 Å². The van der Waals surface area contributed by atoms with Gasteiger partial charge in [-0.3, -0.25) is 0 Å². The number of nitrogens with one attached hydrogen (secondary N) is 1. The second kappa shape index (κ2) is 6.71. The first-order valence-corrected chi connectivity index (χ1v) is 4.64. The van der Waals surface area contributed by atoms with Crippen molar-refractivity contribution in [2.24, 2.45) is 0 Å². The lowest BCUT2D eigenvalue weighted by Gasteiger charge is -2.14. The molecule has 13 heavy (non-hydrogen) atoms. The lowest BCUT2D eigenvalue weighted by Crippen LogP contribution is -2.34. The average molecular weight is 189 g/mol. The third-order valence-electron chi connectivity index (χ3n) is 1.50. The number of rotatable bonds is 5. The Morgan fingerprint density at radius 3 is 2.54 bits per heavy atom. The lowest BCUT2D eigenvalue weighted by molar-refractivity contribution is 0.112. The van der Waals surface area contributed by atoms with Crippen LogP contribution in [0.5, 0.6) is 0 Å². The molecule has 1 unspecified atom stereocenters. The Kier molecular flexibility index (Phi) is 6.32. The summed E-state index contributed by atoms with van der Waals surface area (Å²) in [5, 5.41) is 11.2. The third kappa shape index (κ3) is 7.59. The van der Waals surface area contributed by atoms with E-state index in [0.29, 0.717) is 6.42 Å². The van der Waals surface area contributed by atoms with Crippen LogP contribution in [0.15, 0.2) is 0 Å². The van der Waals surface area contributed by atoms with Gasteiger partial charge in [0.25, 0.3) is 0 Å². The first kappa shape index (κ1) is 12.2. The maximum Gasteiger partial charge on any atom is 0.407 e. The standard InChI is InChI=1S/C9H19NO3/c1-7(2)13-9(12)10-8(3)5-4-6-11/h7-8,11H,4-6H2,1-3H3,(H,10,12). The van der Waals surface area contributed by atoms with Crippen LogP contribution >= 0.6 is 0 Å². The molecule has 0 aromatic heterocycles. The molecular weight excluding hydrogens is 170 g/mol. The van der Waals surface area contributed by atoms with Gasteiger partial charge in [0.15, 0.2) is 0 Å². The number of ether oxygens (including phenoxy) is 1. The molecule has 0 rings (SSSR count). The highest BCUT2D eigenvalue weighted by atomic mass is 16.6. The molecule has 0 aliphatic heterocycles. The van der Waals surface area contributed by atoms with Crippen molar-refractivity contribution in [2.75, 3.05) is 6.61 Å². The van der Waals surface area contributed by atoms with Crippen LogP contribution in [0.25, 0.3) is 0 Å². The van der Waals surface area contributed by atoms with E-state index in [-0.39, 0.29) is 24.8 Å². The quantitative estimate of drug-likeness (QED) is 0.685. The van der Waals surface area contributed by atoms with Crippen LogP contribution in [-0.4, -0.2) is 30.0 Å². The van der Waals surface area contributed by atoms with Gasteiger partial charge in [-0.1, -0.05) is 0 Å². The summed E-state index contributed by atoms with van der Waals surface area (Å²) in [5.41, 5.74) is 0. The summed E-state index contributed by atoms with van der Waals surface area (Å²) in [4.78, 5) is 11.0. The van der Waals surface area contributed by atoms with Crippen molar-refractivity contribution in [3.05, 3.63) is 0 Å². The second-order valence-corrected chi connectivity index (χ2v) is 3.37. The van der Waals surface area contributed by atoms with E-state index in [9.17, 15) is 4.79 Å². The van der Waals surface area contributed by atoms with Gasteiger partial charge in [-0.05, 0) is 33.6 Å². The highest BCUT2D eigenvalue weighted by Gasteiger charge is 2.08. The summed E-state index contributed by atoms with van der Waals surface area (Å²) in [6.07, 6.45) is 0.984. The smallest absolute Gasteiger partial charge is 0.407 e. The van der Waals surface area contributed by atoms with Crippen LogP contribution in [0, 0.1) is 0 Å². The molecule has 0 saturated heterocycles. The first-order valence-electron chi connectivity index (χ1n) is 4.64. The zero-order valence-electron chi connectivity index (χ0n) is 8.54. The fraction of sp³-hybridized carbons (Fsp3) is 0.889. The van der Waals surface area contributed by atoms with Crippen molar-refractivity contribution < 1.29 is 14.6 Å². The van der Waals surface area contributed by atoms with Crippen LogP contribution in [0.3, 0.4) is 0 Å². The van der Waals surface area contributed by atoms with Crippen LogP contribution in [0.2, 0.25) is 0 Å². The van der Waals surface area contributed by atoms with Crippen LogP contribution in [0.1, 0.15) is 33.6 Å². The van der Waals surface area contributed by atoms with Gasteiger partial charge in [-0.15, -0.1) is 0 Å². The van der Waals surface area contributed by atoms with Crippen LogP contribution < -0.4 is 5.32 Å². The molecule has 1 atom stereocenters. The summed E-state index contributed by atoms with van der Waals surface area (Å²) in [7, 11) is 0. The Balaban J connectivity index is 3.53. The molecule has 0 aromatic rings. The van der Waals surface area contributed by atoms with Crippen molar-refractivity contribution in [1.82, 2.24) is 5.32 Å². The summed E-state index contributed by atoms with van der Waals surface area (Å²) in [5.74, 6) is 0. The summed E-state index contributed by atoms with van der Waals surface area (Å²) >= 11 is 0. The Bertz CT molecular complexity index is 148. The molecule has 0 spiro atoms. The van der Waals surface area contributed by atoms with E-state index < -0.39 is 0 Å². The molecule has 1 amide bonds. The summed E-state index contributed by atoms with van der Waals surface area (Å²) < 4.78 is 4.89. The molecule has 0 saturated carbocycles. The maximum atomic E-state index is 11.0. The molecule has 0 fully saturated rings. The number of carbonyl (C=O) groups excluding carboxylic acids is 1. The first-order chi connectivity index (χ1) is 6.06. The normalized spacial score (nSPS) is 12.7. The second-order valence-electron chi connectivity index (χ2n) is 3.37. The van der Waals surface area contributed by atoms with Crippen LogP contribution in [0.4, 0.5) is 4.79 Å². The number of carbonyl (C=O) groups is 1. The number of hydrogen-bond acceptors (Lipinski definition) is 3. The summed E-state index contributed by atoms with van der Waals surface area (Å²) in [6, 6.07) is 0.0541. The summed E-state index contributed by atoms with van der Waals surface area (Å²) in [6.45, 7) is 5.65. The van der Waals surface area contributed by atoms with E-state index in [4.69, 9.17) is 9.84 Å². The Labute approximate surface area is 79.3 Å². The molecule has 78 valence electrons. The third-order valence-corrected chi connectivity index (χ3v) is 1.50. The molecular formula is C9H19NO3. The van der Waals surface area contributed by atoms with Crippen molar-refractivity contribution in [3.8, 4) is 0 Å². The van der Waals surface area contributed by atoms with Crippen molar-refractivity contribution >= 4 is 6.09 Å². The minimum Gasteiger partial charge on any atom is -0.447 e. The van der Waals surface area contributed by atoms with E-state index in [1.807, 2.05) is 6.92 Å². The van der Waals surface area contributed by atoms with Gasteiger partial charge < -0.3 is 15.2 Å². The minimum absolute atomic E-state index is 0.0541. The van der Waals surface area contributed by atoms with Gasteiger partial charge in [-0.2, -0.15) is 0 Å². The Morgan fingerprint density at radius 2 is 2.08 bits per heavy atom. The molecule has 0 aromatic carbocycles. The van der Waals surface area contributed by atoms with Gasteiger partial charge in [-0.25, -0.2) is 4.79 Å². The molecule has 0 aliphatic carbocycles. The zero-order chi connectivity index (χ0) is 10.3. The molecule has 2 N–H and O–H groups in total. The number of amides is 1. The van der Waals surface area contributed by atoms with E-state index >= 15 is 0 Å². The molecule has 4 heteroatoms. The van der Waals surface area contributed by atoms with Gasteiger partial charge >= 0.3 is 6.09 Å². The van der Waals surface area contributed by atoms with Gasteiger partial charge in [0.05, 0.1) is 6.10 Å². The minimum atomic E-state index is -0.388. The average Bonchev–Trinajstić information content (AvgIpc) is 1.98. The largest absolute Gasteiger partial charge is 0.447 e. The number of aliphatic hydroxyl groups is 1. The molecule has 0 radical (unpaired) electrons. The van der Waals surface area contributed by atoms with Gasteiger partial charge in [0.1, 0.15) is 0 Å². The Morgan fingerprint density at radius 1 is 1.46 bits per heavy atom. The Hall–Kier alpha value is -0.770. The SMILES string of the molecule is CC(CCCO)NC(=O)OC(C)C. The highest BCUT2D eigenvalue weighted by molar-refractivity contribution is 5.67. The fourth-order valence-corrected chi connectivity index (χ4v) is 0.919. The van der Waals surface area contributed by atoms with Crippen molar-refractivity contribution in [1.29, 1.82) is 0 Å². The number of alkyl carbamates (subject to hydrolysis) is 1. The lowest BCUT2D eigenvalue weighted by atomic mass is 10.2. The molecule has 0 aliphatic rings. The topological polar surface area (TPSA) is 58.6 Å². The predicted molar refractivity (Wildman–Crippen MR) is 50.5 cm³/mol.